The first-order valence-electron chi connectivity index (χ1n) is 8.30. The first-order chi connectivity index (χ1) is 11.5. The smallest absolute Gasteiger partial charge is 0.127 e. The van der Waals surface area contributed by atoms with Gasteiger partial charge in [-0.2, -0.15) is 0 Å². The molecule has 0 unspecified atom stereocenters. The van der Waals surface area contributed by atoms with E-state index >= 15 is 0 Å². The van der Waals surface area contributed by atoms with Crippen molar-refractivity contribution >= 4 is 11.8 Å². The van der Waals surface area contributed by atoms with E-state index in [1.807, 2.05) is 0 Å². The van der Waals surface area contributed by atoms with Crippen molar-refractivity contribution in [3.63, 3.8) is 0 Å². The minimum atomic E-state index is -0.578. The average molecular weight is 354 g/mol. The predicted molar refractivity (Wildman–Crippen MR) is 92.5 cm³/mol. The molecule has 0 bridgehead atoms. The van der Waals surface area contributed by atoms with Crippen molar-refractivity contribution in [2.75, 3.05) is 6.61 Å². The third-order valence-electron chi connectivity index (χ3n) is 3.63. The number of benzene rings is 1. The molecule has 0 spiro atoms. The summed E-state index contributed by atoms with van der Waals surface area (Å²) in [4.78, 5) is 5.28. The Morgan fingerprint density at radius 2 is 1.88 bits per heavy atom. The van der Waals surface area contributed by atoms with Gasteiger partial charge in [-0.05, 0) is 30.9 Å². The highest BCUT2D eigenvalue weighted by Gasteiger charge is 2.20. The van der Waals surface area contributed by atoms with Crippen molar-refractivity contribution < 1.29 is 13.9 Å². The largest absolute Gasteiger partial charge is 0.396 e. The number of hydrogen-bond acceptors (Lipinski definition) is 3. The number of hydrogen-bond donors (Lipinski definition) is 1. The predicted octanol–water partition coefficient (Wildman–Crippen LogP) is 4.77. The molecule has 1 aromatic heterocycles. The molecule has 2 rings (SSSR count). The van der Waals surface area contributed by atoms with Crippen molar-refractivity contribution in [3.8, 4) is 0 Å². The van der Waals surface area contributed by atoms with Crippen LogP contribution < -0.4 is 0 Å². The lowest BCUT2D eigenvalue weighted by Crippen LogP contribution is -2.06. The molecule has 0 saturated carbocycles. The summed E-state index contributed by atoms with van der Waals surface area (Å²) in [5, 5.41) is 10.0. The number of imidazole rings is 1. The molecule has 0 saturated heterocycles. The molecule has 0 amide bonds. The van der Waals surface area contributed by atoms with E-state index in [4.69, 9.17) is 10.1 Å². The van der Waals surface area contributed by atoms with Crippen LogP contribution in [-0.4, -0.2) is 21.3 Å². The SMILES string of the molecule is CCCn1c(CCCO)nc(C(C)C)c1Sc1cc(F)cc(F)c1. The highest BCUT2D eigenvalue weighted by molar-refractivity contribution is 7.99. The molecule has 1 heterocycles. The number of nitrogens with zero attached hydrogens (tertiary/aromatic N) is 2. The highest BCUT2D eigenvalue weighted by Crippen LogP contribution is 2.36. The average Bonchev–Trinajstić information content (AvgIpc) is 2.83. The van der Waals surface area contributed by atoms with Gasteiger partial charge >= 0.3 is 0 Å². The summed E-state index contributed by atoms with van der Waals surface area (Å²) in [5.41, 5.74) is 0.936. The molecule has 0 atom stereocenters. The van der Waals surface area contributed by atoms with E-state index in [1.54, 1.807) is 0 Å². The van der Waals surface area contributed by atoms with Crippen molar-refractivity contribution in [1.82, 2.24) is 9.55 Å². The molecule has 3 nitrogen and oxygen atoms in total. The van der Waals surface area contributed by atoms with Crippen LogP contribution in [0.1, 0.15) is 51.0 Å². The van der Waals surface area contributed by atoms with E-state index in [0.717, 1.165) is 35.6 Å². The maximum atomic E-state index is 13.5. The van der Waals surface area contributed by atoms with Crippen molar-refractivity contribution in [2.24, 2.45) is 0 Å². The number of aliphatic hydroxyl groups excluding tert-OH is 1. The lowest BCUT2D eigenvalue weighted by molar-refractivity contribution is 0.286. The molecule has 24 heavy (non-hydrogen) atoms. The van der Waals surface area contributed by atoms with Gasteiger partial charge in [0.1, 0.15) is 22.5 Å². The quantitative estimate of drug-likeness (QED) is 0.742. The van der Waals surface area contributed by atoms with Crippen LogP contribution in [0, 0.1) is 11.6 Å². The second kappa shape index (κ2) is 8.62. The lowest BCUT2D eigenvalue weighted by atomic mass is 10.1. The Kier molecular flexibility index (Phi) is 6.80. The van der Waals surface area contributed by atoms with Gasteiger partial charge in [0.15, 0.2) is 0 Å². The zero-order chi connectivity index (χ0) is 17.7. The number of halogens is 2. The summed E-state index contributed by atoms with van der Waals surface area (Å²) < 4.78 is 29.1. The van der Waals surface area contributed by atoms with Crippen LogP contribution in [0.3, 0.4) is 0 Å². The fourth-order valence-electron chi connectivity index (χ4n) is 2.57. The van der Waals surface area contributed by atoms with E-state index in [-0.39, 0.29) is 12.5 Å². The molecular weight excluding hydrogens is 330 g/mol. The fourth-order valence-corrected chi connectivity index (χ4v) is 3.83. The molecule has 0 fully saturated rings. The van der Waals surface area contributed by atoms with Gasteiger partial charge in [0.25, 0.3) is 0 Å². The van der Waals surface area contributed by atoms with Gasteiger partial charge in [0.05, 0.1) is 5.69 Å². The molecule has 6 heteroatoms. The van der Waals surface area contributed by atoms with E-state index in [2.05, 4.69) is 25.3 Å². The van der Waals surface area contributed by atoms with Gasteiger partial charge in [0.2, 0.25) is 0 Å². The van der Waals surface area contributed by atoms with Crippen molar-refractivity contribution in [1.29, 1.82) is 0 Å². The molecule has 0 aliphatic heterocycles. The van der Waals surface area contributed by atoms with Crippen LogP contribution in [0.4, 0.5) is 8.78 Å². The Hall–Kier alpha value is -1.40. The number of aryl methyl sites for hydroxylation is 1. The van der Waals surface area contributed by atoms with Crippen molar-refractivity contribution in [3.05, 3.63) is 41.4 Å². The Morgan fingerprint density at radius 3 is 2.42 bits per heavy atom. The number of aliphatic hydroxyl groups is 1. The fraction of sp³-hybridized carbons (Fsp3) is 0.500. The van der Waals surface area contributed by atoms with Gasteiger partial charge in [-0.3, -0.25) is 0 Å². The van der Waals surface area contributed by atoms with Crippen molar-refractivity contribution in [2.45, 2.75) is 62.4 Å². The number of rotatable bonds is 8. The summed E-state index contributed by atoms with van der Waals surface area (Å²) >= 11 is 1.35. The molecule has 1 N–H and O–H groups in total. The Morgan fingerprint density at radius 1 is 1.21 bits per heavy atom. The molecule has 0 aliphatic rings. The zero-order valence-corrected chi connectivity index (χ0v) is 15.2. The maximum absolute atomic E-state index is 13.5. The molecule has 0 radical (unpaired) electrons. The summed E-state index contributed by atoms with van der Waals surface area (Å²) in [6, 6.07) is 3.56. The summed E-state index contributed by atoms with van der Waals surface area (Å²) in [7, 11) is 0. The number of aromatic nitrogens is 2. The van der Waals surface area contributed by atoms with Gasteiger partial charge in [-0.25, -0.2) is 13.8 Å². The van der Waals surface area contributed by atoms with Gasteiger partial charge in [-0.1, -0.05) is 32.5 Å². The minimum absolute atomic E-state index is 0.119. The zero-order valence-electron chi connectivity index (χ0n) is 14.4. The van der Waals surface area contributed by atoms with Gasteiger partial charge in [-0.15, -0.1) is 0 Å². The second-order valence-corrected chi connectivity index (χ2v) is 7.12. The van der Waals surface area contributed by atoms with E-state index in [1.165, 1.54) is 23.9 Å². The van der Waals surface area contributed by atoms with Crippen LogP contribution in [0.2, 0.25) is 0 Å². The van der Waals surface area contributed by atoms with Gasteiger partial charge in [0, 0.05) is 30.5 Å². The molecular formula is C18H24F2N2OS. The first-order valence-corrected chi connectivity index (χ1v) is 9.12. The molecule has 2 aromatic rings. The topological polar surface area (TPSA) is 38.0 Å². The summed E-state index contributed by atoms with van der Waals surface area (Å²) in [6.07, 6.45) is 2.27. The first kappa shape index (κ1) is 18.9. The Labute approximate surface area is 146 Å². The molecule has 0 aliphatic carbocycles. The van der Waals surface area contributed by atoms with Gasteiger partial charge < -0.3 is 9.67 Å². The van der Waals surface area contributed by atoms with Crippen LogP contribution in [-0.2, 0) is 13.0 Å². The minimum Gasteiger partial charge on any atom is -0.396 e. The highest BCUT2D eigenvalue weighted by atomic mass is 32.2. The van der Waals surface area contributed by atoms with E-state index < -0.39 is 11.6 Å². The Balaban J connectivity index is 2.46. The van der Waals surface area contributed by atoms with Crippen LogP contribution in [0.5, 0.6) is 0 Å². The van der Waals surface area contributed by atoms with Crippen LogP contribution in [0.25, 0.3) is 0 Å². The summed E-state index contributed by atoms with van der Waals surface area (Å²) in [5.74, 6) is -0.0258. The molecule has 132 valence electrons. The lowest BCUT2D eigenvalue weighted by Gasteiger charge is -2.12. The van der Waals surface area contributed by atoms with Crippen LogP contribution in [0.15, 0.2) is 28.1 Å². The van der Waals surface area contributed by atoms with E-state index in [0.29, 0.717) is 17.7 Å². The summed E-state index contributed by atoms with van der Waals surface area (Å²) in [6.45, 7) is 7.12. The Bertz CT molecular complexity index is 666. The monoisotopic (exact) mass is 354 g/mol. The third kappa shape index (κ3) is 4.57. The molecule has 1 aromatic carbocycles. The standard InChI is InChI=1S/C18H24F2N2OS/c1-4-7-22-16(6-5-8-23)21-17(12(2)3)18(22)24-15-10-13(19)9-14(20)11-15/h9-12,23H,4-8H2,1-3H3. The van der Waals surface area contributed by atoms with E-state index in [9.17, 15) is 8.78 Å². The maximum Gasteiger partial charge on any atom is 0.127 e. The van der Waals surface area contributed by atoms with Crippen LogP contribution >= 0.6 is 11.8 Å². The normalized spacial score (nSPS) is 11.5. The third-order valence-corrected chi connectivity index (χ3v) is 4.72. The second-order valence-electron chi connectivity index (χ2n) is 6.06.